The van der Waals surface area contributed by atoms with Crippen LogP contribution in [0.1, 0.15) is 35.1 Å². The fourth-order valence-electron chi connectivity index (χ4n) is 2.13. The number of carbonyl (C=O) groups excluding carboxylic acids is 1. The third-order valence-electron chi connectivity index (χ3n) is 3.22. The number of hydrogen-bond acceptors (Lipinski definition) is 4. The molecule has 1 aliphatic heterocycles. The summed E-state index contributed by atoms with van der Waals surface area (Å²) in [6, 6.07) is 0.0337. The molecule has 0 aromatic carbocycles. The lowest BCUT2D eigenvalue weighted by atomic mass is 10.1. The fourth-order valence-corrected chi connectivity index (χ4v) is 2.13. The predicted octanol–water partition coefficient (Wildman–Crippen LogP) is 0.632. The second-order valence-corrected chi connectivity index (χ2v) is 4.49. The highest BCUT2D eigenvalue weighted by molar-refractivity contribution is 5.94. The van der Waals surface area contributed by atoms with Gasteiger partial charge in [0.1, 0.15) is 0 Å². The van der Waals surface area contributed by atoms with Crippen LogP contribution < -0.4 is 10.6 Å². The van der Waals surface area contributed by atoms with Crippen LogP contribution in [0.3, 0.4) is 0 Å². The van der Waals surface area contributed by atoms with Gasteiger partial charge in [-0.15, -0.1) is 12.4 Å². The largest absolute Gasteiger partial charge is 0.383 e. The molecule has 0 saturated heterocycles. The number of hydrogen-bond donors (Lipinski definition) is 3. The highest BCUT2D eigenvalue weighted by Crippen LogP contribution is 2.15. The van der Waals surface area contributed by atoms with Gasteiger partial charge in [0.25, 0.3) is 5.91 Å². The topological polar surface area (TPSA) is 79.0 Å². The number of aromatic amines is 1. The van der Waals surface area contributed by atoms with E-state index in [0.29, 0.717) is 18.8 Å². The lowest BCUT2D eigenvalue weighted by Crippen LogP contribution is -2.38. The molecule has 1 aliphatic rings. The smallest absolute Gasteiger partial charge is 0.272 e. The molecule has 1 unspecified atom stereocenters. The van der Waals surface area contributed by atoms with E-state index in [1.165, 1.54) is 0 Å². The lowest BCUT2D eigenvalue weighted by molar-refractivity contribution is 0.0888. The molecule has 1 aromatic rings. The molecule has 0 aliphatic carbocycles. The summed E-state index contributed by atoms with van der Waals surface area (Å²) >= 11 is 0. The minimum Gasteiger partial charge on any atom is -0.383 e. The van der Waals surface area contributed by atoms with E-state index in [0.717, 1.165) is 30.6 Å². The van der Waals surface area contributed by atoms with E-state index in [-0.39, 0.29) is 24.4 Å². The lowest BCUT2D eigenvalue weighted by Gasteiger charge is -2.16. The first-order valence-corrected chi connectivity index (χ1v) is 6.32. The Kier molecular flexibility index (Phi) is 6.27. The Bertz CT molecular complexity index is 422. The van der Waals surface area contributed by atoms with Crippen molar-refractivity contribution >= 4 is 18.3 Å². The SMILES string of the molecule is CCC(COC)NC(=O)c1n[nH]c2c1CNCC2.Cl. The Morgan fingerprint density at radius 1 is 1.58 bits per heavy atom. The van der Waals surface area contributed by atoms with Crippen molar-refractivity contribution < 1.29 is 9.53 Å². The molecule has 0 radical (unpaired) electrons. The van der Waals surface area contributed by atoms with Gasteiger partial charge in [0.15, 0.2) is 5.69 Å². The number of carbonyl (C=O) groups is 1. The van der Waals surface area contributed by atoms with Crippen molar-refractivity contribution in [1.29, 1.82) is 0 Å². The molecule has 0 saturated carbocycles. The number of H-pyrrole nitrogens is 1. The molecule has 108 valence electrons. The van der Waals surface area contributed by atoms with E-state index in [2.05, 4.69) is 20.8 Å². The highest BCUT2D eigenvalue weighted by atomic mass is 35.5. The van der Waals surface area contributed by atoms with Crippen LogP contribution in [0.2, 0.25) is 0 Å². The van der Waals surface area contributed by atoms with Crippen molar-refractivity contribution in [3.63, 3.8) is 0 Å². The first-order valence-electron chi connectivity index (χ1n) is 6.32. The molecule has 0 fully saturated rings. The molecule has 19 heavy (non-hydrogen) atoms. The molecular weight excluding hydrogens is 268 g/mol. The summed E-state index contributed by atoms with van der Waals surface area (Å²) in [5.74, 6) is -0.125. The zero-order valence-electron chi connectivity index (χ0n) is 11.3. The minimum absolute atomic E-state index is 0. The Hall–Kier alpha value is -1.11. The van der Waals surface area contributed by atoms with Gasteiger partial charge in [-0.2, -0.15) is 5.10 Å². The van der Waals surface area contributed by atoms with Crippen molar-refractivity contribution in [2.75, 3.05) is 20.3 Å². The minimum atomic E-state index is -0.125. The van der Waals surface area contributed by atoms with Gasteiger partial charge in [0.05, 0.1) is 12.6 Å². The number of nitrogens with one attached hydrogen (secondary N) is 3. The standard InChI is InChI=1S/C12H20N4O2.ClH/c1-3-8(7-18-2)14-12(17)11-9-6-13-5-4-10(9)15-16-11;/h8,13H,3-7H2,1-2H3,(H,14,17)(H,15,16);1H. The van der Waals surface area contributed by atoms with E-state index in [1.54, 1.807) is 7.11 Å². The van der Waals surface area contributed by atoms with Crippen LogP contribution in [0.25, 0.3) is 0 Å². The molecule has 6 nitrogen and oxygen atoms in total. The zero-order valence-corrected chi connectivity index (χ0v) is 12.1. The van der Waals surface area contributed by atoms with Crippen LogP contribution in [0.5, 0.6) is 0 Å². The summed E-state index contributed by atoms with van der Waals surface area (Å²) in [5.41, 5.74) is 2.57. The number of fused-ring (bicyclic) bond motifs is 1. The molecule has 1 amide bonds. The third kappa shape index (κ3) is 3.68. The van der Waals surface area contributed by atoms with E-state index < -0.39 is 0 Å². The Morgan fingerprint density at radius 3 is 3.05 bits per heavy atom. The molecule has 3 N–H and O–H groups in total. The van der Waals surface area contributed by atoms with Crippen LogP contribution in [0.4, 0.5) is 0 Å². The Labute approximate surface area is 119 Å². The van der Waals surface area contributed by atoms with Gasteiger partial charge in [0.2, 0.25) is 0 Å². The summed E-state index contributed by atoms with van der Waals surface area (Å²) in [7, 11) is 1.63. The normalized spacial score (nSPS) is 15.3. The number of methoxy groups -OCH3 is 1. The van der Waals surface area contributed by atoms with Crippen LogP contribution in [-0.2, 0) is 17.7 Å². The number of rotatable bonds is 5. The average Bonchev–Trinajstić information content (AvgIpc) is 2.82. The number of nitrogens with zero attached hydrogens (tertiary/aromatic N) is 1. The second kappa shape index (κ2) is 7.47. The number of ether oxygens (including phenoxy) is 1. The molecule has 2 rings (SSSR count). The summed E-state index contributed by atoms with van der Waals surface area (Å²) < 4.78 is 5.07. The zero-order chi connectivity index (χ0) is 13.0. The van der Waals surface area contributed by atoms with Gasteiger partial charge in [-0.05, 0) is 6.42 Å². The first-order chi connectivity index (χ1) is 8.76. The van der Waals surface area contributed by atoms with E-state index in [4.69, 9.17) is 4.74 Å². The molecule has 0 spiro atoms. The number of amides is 1. The number of aromatic nitrogens is 2. The van der Waals surface area contributed by atoms with Crippen LogP contribution in [0, 0.1) is 0 Å². The van der Waals surface area contributed by atoms with Gasteiger partial charge in [0, 0.05) is 37.9 Å². The van der Waals surface area contributed by atoms with Crippen molar-refractivity contribution in [2.24, 2.45) is 0 Å². The van der Waals surface area contributed by atoms with Crippen molar-refractivity contribution in [2.45, 2.75) is 32.4 Å². The van der Waals surface area contributed by atoms with Crippen LogP contribution in [0.15, 0.2) is 0 Å². The maximum atomic E-state index is 12.1. The van der Waals surface area contributed by atoms with E-state index in [1.807, 2.05) is 6.92 Å². The summed E-state index contributed by atoms with van der Waals surface area (Å²) in [6.45, 7) is 4.17. The maximum Gasteiger partial charge on any atom is 0.272 e. The molecule has 1 atom stereocenters. The molecule has 1 aromatic heterocycles. The molecule has 2 heterocycles. The predicted molar refractivity (Wildman–Crippen MR) is 74.7 cm³/mol. The highest BCUT2D eigenvalue weighted by Gasteiger charge is 2.22. The van der Waals surface area contributed by atoms with Gasteiger partial charge in [-0.3, -0.25) is 9.89 Å². The molecule has 0 bridgehead atoms. The summed E-state index contributed by atoms with van der Waals surface area (Å²) in [4.78, 5) is 12.1. The van der Waals surface area contributed by atoms with Gasteiger partial charge in [-0.25, -0.2) is 0 Å². The summed E-state index contributed by atoms with van der Waals surface area (Å²) in [6.07, 6.45) is 1.73. The van der Waals surface area contributed by atoms with Gasteiger partial charge in [-0.1, -0.05) is 6.92 Å². The molecule has 7 heteroatoms. The van der Waals surface area contributed by atoms with Crippen molar-refractivity contribution in [1.82, 2.24) is 20.8 Å². The average molecular weight is 289 g/mol. The second-order valence-electron chi connectivity index (χ2n) is 4.49. The van der Waals surface area contributed by atoms with Crippen LogP contribution >= 0.6 is 12.4 Å². The summed E-state index contributed by atoms with van der Waals surface area (Å²) in [5, 5.41) is 13.3. The molecular formula is C12H21ClN4O2. The maximum absolute atomic E-state index is 12.1. The van der Waals surface area contributed by atoms with Gasteiger partial charge < -0.3 is 15.4 Å². The third-order valence-corrected chi connectivity index (χ3v) is 3.22. The van der Waals surface area contributed by atoms with Crippen molar-refractivity contribution in [3.8, 4) is 0 Å². The van der Waals surface area contributed by atoms with E-state index >= 15 is 0 Å². The number of halogens is 1. The van der Waals surface area contributed by atoms with E-state index in [9.17, 15) is 4.79 Å². The van der Waals surface area contributed by atoms with Crippen LogP contribution in [-0.4, -0.2) is 42.4 Å². The quantitative estimate of drug-likeness (QED) is 0.743. The monoisotopic (exact) mass is 288 g/mol. The van der Waals surface area contributed by atoms with Crippen molar-refractivity contribution in [3.05, 3.63) is 17.0 Å². The fraction of sp³-hybridized carbons (Fsp3) is 0.667. The first kappa shape index (κ1) is 15.9. The Morgan fingerprint density at radius 2 is 2.37 bits per heavy atom. The van der Waals surface area contributed by atoms with Gasteiger partial charge >= 0.3 is 0 Å². The Balaban J connectivity index is 0.00000180.